The highest BCUT2D eigenvalue weighted by atomic mass is 16.4. The van der Waals surface area contributed by atoms with Gasteiger partial charge in [-0.2, -0.15) is 0 Å². The number of carbonyl (C=O) groups is 3. The first kappa shape index (κ1) is 16.5. The Morgan fingerprint density at radius 2 is 2.04 bits per heavy atom. The van der Waals surface area contributed by atoms with Crippen LogP contribution >= 0.6 is 0 Å². The van der Waals surface area contributed by atoms with Crippen molar-refractivity contribution < 1.29 is 18.8 Å². The van der Waals surface area contributed by atoms with E-state index in [9.17, 15) is 14.4 Å². The number of amides is 3. The van der Waals surface area contributed by atoms with Crippen molar-refractivity contribution in [1.29, 1.82) is 0 Å². The second kappa shape index (κ2) is 7.07. The molecule has 7 nitrogen and oxygen atoms in total. The molecule has 1 aromatic rings. The maximum Gasteiger partial charge on any atom is 0.286 e. The number of furan rings is 1. The first-order chi connectivity index (χ1) is 11.6. The van der Waals surface area contributed by atoms with Gasteiger partial charge in [0.1, 0.15) is 5.76 Å². The molecule has 0 bridgehead atoms. The first-order valence-corrected chi connectivity index (χ1v) is 8.46. The fraction of sp³-hybridized carbons (Fsp3) is 0.588. The van der Waals surface area contributed by atoms with Crippen LogP contribution in [0.25, 0.3) is 0 Å². The molecule has 0 spiro atoms. The van der Waals surface area contributed by atoms with Gasteiger partial charge < -0.3 is 20.0 Å². The Morgan fingerprint density at radius 3 is 2.75 bits per heavy atom. The van der Waals surface area contributed by atoms with E-state index >= 15 is 0 Å². The Bertz CT molecular complexity index is 634. The van der Waals surface area contributed by atoms with Crippen LogP contribution in [-0.2, 0) is 16.1 Å². The normalized spacial score (nSPS) is 21.3. The van der Waals surface area contributed by atoms with Crippen molar-refractivity contribution in [2.75, 3.05) is 13.6 Å². The highest BCUT2D eigenvalue weighted by Gasteiger charge is 2.38. The number of hydrogen-bond acceptors (Lipinski definition) is 4. The maximum absolute atomic E-state index is 12.3. The standard InChI is InChI=1S/C17H23N3O4/c1-18-17(23)14-7-6-13(24-14)9-19-16(22)11-8-15(21)20(10-11)12-4-2-3-5-12/h6-7,11-12H,2-5,8-10H2,1H3,(H,18,23)(H,19,22)/t11-/m0/s1. The molecule has 2 aliphatic rings. The molecular formula is C17H23N3O4. The Kier molecular flexibility index (Phi) is 4.87. The molecule has 0 unspecified atom stereocenters. The van der Waals surface area contributed by atoms with Gasteiger partial charge in [-0.25, -0.2) is 0 Å². The van der Waals surface area contributed by atoms with Crippen molar-refractivity contribution >= 4 is 17.7 Å². The highest BCUT2D eigenvalue weighted by Crippen LogP contribution is 2.29. The molecule has 0 aromatic carbocycles. The third-order valence-electron chi connectivity index (χ3n) is 4.84. The van der Waals surface area contributed by atoms with E-state index < -0.39 is 0 Å². The lowest BCUT2D eigenvalue weighted by atomic mass is 10.1. The van der Waals surface area contributed by atoms with E-state index in [0.717, 1.165) is 25.7 Å². The zero-order chi connectivity index (χ0) is 17.1. The van der Waals surface area contributed by atoms with Crippen LogP contribution in [0.2, 0.25) is 0 Å². The van der Waals surface area contributed by atoms with Gasteiger partial charge in [-0.1, -0.05) is 12.8 Å². The van der Waals surface area contributed by atoms with Crippen LogP contribution in [0.15, 0.2) is 16.5 Å². The maximum atomic E-state index is 12.3. The van der Waals surface area contributed by atoms with Crippen LogP contribution in [0.3, 0.4) is 0 Å². The monoisotopic (exact) mass is 333 g/mol. The van der Waals surface area contributed by atoms with Crippen LogP contribution in [0.5, 0.6) is 0 Å². The van der Waals surface area contributed by atoms with E-state index in [1.165, 1.54) is 7.05 Å². The van der Waals surface area contributed by atoms with E-state index in [1.807, 2.05) is 4.90 Å². The lowest BCUT2D eigenvalue weighted by molar-refractivity contribution is -0.130. The molecule has 24 heavy (non-hydrogen) atoms. The molecular weight excluding hydrogens is 310 g/mol. The molecule has 1 aliphatic carbocycles. The summed E-state index contributed by atoms with van der Waals surface area (Å²) in [7, 11) is 1.53. The predicted octanol–water partition coefficient (Wildman–Crippen LogP) is 1.05. The van der Waals surface area contributed by atoms with E-state index in [2.05, 4.69) is 10.6 Å². The van der Waals surface area contributed by atoms with Crippen molar-refractivity contribution in [1.82, 2.24) is 15.5 Å². The minimum absolute atomic E-state index is 0.0851. The number of hydrogen-bond donors (Lipinski definition) is 2. The summed E-state index contributed by atoms with van der Waals surface area (Å²) >= 11 is 0. The third kappa shape index (κ3) is 3.44. The van der Waals surface area contributed by atoms with E-state index in [1.54, 1.807) is 12.1 Å². The highest BCUT2D eigenvalue weighted by molar-refractivity contribution is 5.91. The average Bonchev–Trinajstić information content (AvgIpc) is 3.31. The quantitative estimate of drug-likeness (QED) is 0.842. The third-order valence-corrected chi connectivity index (χ3v) is 4.84. The van der Waals surface area contributed by atoms with Crippen molar-refractivity contribution in [3.63, 3.8) is 0 Å². The second-order valence-corrected chi connectivity index (χ2v) is 6.45. The summed E-state index contributed by atoms with van der Waals surface area (Å²) in [5.74, 6) is 0.0699. The Morgan fingerprint density at radius 1 is 1.29 bits per heavy atom. The van der Waals surface area contributed by atoms with Gasteiger partial charge in [0.25, 0.3) is 5.91 Å². The smallest absolute Gasteiger partial charge is 0.286 e. The first-order valence-electron chi connectivity index (χ1n) is 8.46. The zero-order valence-electron chi connectivity index (χ0n) is 13.8. The van der Waals surface area contributed by atoms with Crippen LogP contribution in [-0.4, -0.2) is 42.3 Å². The topological polar surface area (TPSA) is 91.7 Å². The minimum Gasteiger partial charge on any atom is -0.454 e. The fourth-order valence-corrected chi connectivity index (χ4v) is 3.51. The van der Waals surface area contributed by atoms with E-state index in [-0.39, 0.29) is 42.4 Å². The van der Waals surface area contributed by atoms with Gasteiger partial charge in [-0.05, 0) is 25.0 Å². The van der Waals surface area contributed by atoms with Gasteiger partial charge >= 0.3 is 0 Å². The van der Waals surface area contributed by atoms with Crippen molar-refractivity contribution in [3.05, 3.63) is 23.7 Å². The molecule has 130 valence electrons. The van der Waals surface area contributed by atoms with Crippen LogP contribution in [0.4, 0.5) is 0 Å². The fourth-order valence-electron chi connectivity index (χ4n) is 3.51. The number of rotatable bonds is 5. The number of nitrogens with zero attached hydrogens (tertiary/aromatic N) is 1. The van der Waals surface area contributed by atoms with Gasteiger partial charge in [-0.15, -0.1) is 0 Å². The van der Waals surface area contributed by atoms with Gasteiger partial charge in [0.05, 0.1) is 12.5 Å². The summed E-state index contributed by atoms with van der Waals surface area (Å²) in [5, 5.41) is 5.28. The van der Waals surface area contributed by atoms with Gasteiger partial charge in [0.2, 0.25) is 11.8 Å². The van der Waals surface area contributed by atoms with Crippen molar-refractivity contribution in [3.8, 4) is 0 Å². The predicted molar refractivity (Wildman–Crippen MR) is 86.0 cm³/mol. The minimum atomic E-state index is -0.304. The lowest BCUT2D eigenvalue weighted by Crippen LogP contribution is -2.36. The number of likely N-dealkylation sites (tertiary alicyclic amines) is 1. The van der Waals surface area contributed by atoms with Crippen molar-refractivity contribution in [2.45, 2.75) is 44.7 Å². The van der Waals surface area contributed by atoms with Crippen molar-refractivity contribution in [2.24, 2.45) is 5.92 Å². The SMILES string of the molecule is CNC(=O)c1ccc(CNC(=O)[C@H]2CC(=O)N(C3CCCC3)C2)o1. The summed E-state index contributed by atoms with van der Waals surface area (Å²) < 4.78 is 5.37. The Hall–Kier alpha value is -2.31. The molecule has 2 N–H and O–H groups in total. The number of carbonyl (C=O) groups excluding carboxylic acids is 3. The molecule has 1 saturated heterocycles. The van der Waals surface area contributed by atoms with Crippen LogP contribution in [0.1, 0.15) is 48.4 Å². The molecule has 2 fully saturated rings. The summed E-state index contributed by atoms with van der Waals surface area (Å²) in [6.45, 7) is 0.723. The molecule has 1 saturated carbocycles. The second-order valence-electron chi connectivity index (χ2n) is 6.45. The molecule has 0 radical (unpaired) electrons. The molecule has 3 rings (SSSR count). The molecule has 3 amide bonds. The van der Waals surface area contributed by atoms with Gasteiger partial charge in [0, 0.05) is 26.1 Å². The van der Waals surface area contributed by atoms with E-state index in [4.69, 9.17) is 4.42 Å². The van der Waals surface area contributed by atoms with Gasteiger partial charge in [-0.3, -0.25) is 14.4 Å². The van der Waals surface area contributed by atoms with E-state index in [0.29, 0.717) is 18.3 Å². The molecule has 1 atom stereocenters. The largest absolute Gasteiger partial charge is 0.454 e. The zero-order valence-corrected chi connectivity index (χ0v) is 13.8. The molecule has 7 heteroatoms. The number of nitrogens with one attached hydrogen (secondary N) is 2. The molecule has 1 aromatic heterocycles. The summed E-state index contributed by atoms with van der Waals surface area (Å²) in [6, 6.07) is 3.55. The van der Waals surface area contributed by atoms with Crippen LogP contribution in [0, 0.1) is 5.92 Å². The lowest BCUT2D eigenvalue weighted by Gasteiger charge is -2.23. The average molecular weight is 333 g/mol. The van der Waals surface area contributed by atoms with Crippen LogP contribution < -0.4 is 10.6 Å². The molecule has 2 heterocycles. The summed E-state index contributed by atoms with van der Waals surface area (Å²) in [4.78, 5) is 37.8. The summed E-state index contributed by atoms with van der Waals surface area (Å²) in [5.41, 5.74) is 0. The Balaban J connectivity index is 1.51. The summed E-state index contributed by atoms with van der Waals surface area (Å²) in [6.07, 6.45) is 4.71. The Labute approximate surface area is 140 Å². The molecule has 1 aliphatic heterocycles. The van der Waals surface area contributed by atoms with Gasteiger partial charge in [0.15, 0.2) is 5.76 Å².